The Morgan fingerprint density at radius 2 is 1.53 bits per heavy atom. The van der Waals surface area contributed by atoms with Crippen LogP contribution in [0, 0.1) is 0 Å². The normalized spacial score (nSPS) is 17.8. The molecule has 0 saturated carbocycles. The average Bonchev–Trinajstić information content (AvgIpc) is 2.96. The Balaban J connectivity index is 1.94. The molecule has 2 N–H and O–H groups in total. The molecule has 2 saturated heterocycles. The largest absolute Gasteiger partial charge is 0.493 e. The van der Waals surface area contributed by atoms with E-state index in [2.05, 4.69) is 0 Å². The molecular formula is C18H15N3O7S2. The molecule has 5 amide bonds. The third-order valence-corrected chi connectivity index (χ3v) is 5.34. The molecule has 2 aliphatic heterocycles. The van der Waals surface area contributed by atoms with E-state index >= 15 is 0 Å². The second-order valence-corrected chi connectivity index (χ2v) is 7.47. The van der Waals surface area contributed by atoms with Crippen molar-refractivity contribution in [3.63, 3.8) is 0 Å². The number of nitrogens with one attached hydrogen (secondary N) is 2. The summed E-state index contributed by atoms with van der Waals surface area (Å²) < 4.78 is 16.0. The van der Waals surface area contributed by atoms with Crippen LogP contribution < -0.4 is 24.8 Å². The van der Waals surface area contributed by atoms with Gasteiger partial charge in [-0.2, -0.15) is 0 Å². The number of urea groups is 1. The molecule has 30 heavy (non-hydrogen) atoms. The number of barbiturate groups is 1. The van der Waals surface area contributed by atoms with Gasteiger partial charge in [-0.1, -0.05) is 24.0 Å². The molecule has 156 valence electrons. The van der Waals surface area contributed by atoms with Crippen LogP contribution in [0.25, 0.3) is 6.08 Å². The number of imide groups is 2. The summed E-state index contributed by atoms with van der Waals surface area (Å²) in [7, 11) is 4.42. The molecule has 1 aromatic rings. The number of thioether (sulfide) groups is 1. The summed E-state index contributed by atoms with van der Waals surface area (Å²) in [5.41, 5.74) is 0.163. The van der Waals surface area contributed by atoms with E-state index in [4.69, 9.17) is 26.4 Å². The van der Waals surface area contributed by atoms with Crippen molar-refractivity contribution in [2.75, 3.05) is 21.3 Å². The Bertz CT molecular complexity index is 1000. The van der Waals surface area contributed by atoms with E-state index in [0.717, 1.165) is 22.9 Å². The Kier molecular flexibility index (Phi) is 6.08. The fourth-order valence-corrected chi connectivity index (χ4v) is 3.86. The number of carbonyl (C=O) groups is 4. The van der Waals surface area contributed by atoms with Gasteiger partial charge in [-0.15, -0.1) is 0 Å². The van der Waals surface area contributed by atoms with Gasteiger partial charge in [0.25, 0.3) is 17.7 Å². The van der Waals surface area contributed by atoms with Crippen molar-refractivity contribution in [1.82, 2.24) is 15.5 Å². The van der Waals surface area contributed by atoms with Crippen molar-refractivity contribution in [2.45, 2.75) is 0 Å². The summed E-state index contributed by atoms with van der Waals surface area (Å²) in [4.78, 5) is 49.0. The maximum atomic E-state index is 12.8. The summed E-state index contributed by atoms with van der Waals surface area (Å²) in [6.07, 6.45) is 2.57. The minimum Gasteiger partial charge on any atom is -0.493 e. The van der Waals surface area contributed by atoms with E-state index in [0.29, 0.717) is 22.8 Å². The number of methoxy groups -OCH3 is 3. The number of thiocarbonyl (C=S) groups is 1. The van der Waals surface area contributed by atoms with Gasteiger partial charge in [-0.05, 0) is 23.8 Å². The Morgan fingerprint density at radius 1 is 0.967 bits per heavy atom. The summed E-state index contributed by atoms with van der Waals surface area (Å²) in [6.45, 7) is 0. The van der Waals surface area contributed by atoms with Crippen molar-refractivity contribution in [3.8, 4) is 17.2 Å². The lowest BCUT2D eigenvalue weighted by Gasteiger charge is -2.16. The van der Waals surface area contributed by atoms with Crippen LogP contribution in [0.1, 0.15) is 5.56 Å². The van der Waals surface area contributed by atoms with Crippen LogP contribution in [-0.2, 0) is 14.4 Å². The molecule has 3 rings (SSSR count). The van der Waals surface area contributed by atoms with Gasteiger partial charge in [0.15, 0.2) is 15.8 Å². The van der Waals surface area contributed by atoms with E-state index in [1.807, 2.05) is 10.6 Å². The van der Waals surface area contributed by atoms with E-state index < -0.39 is 29.3 Å². The molecule has 0 radical (unpaired) electrons. The van der Waals surface area contributed by atoms with Crippen LogP contribution >= 0.6 is 24.0 Å². The highest BCUT2D eigenvalue weighted by atomic mass is 32.2. The number of rotatable bonds is 5. The molecule has 2 fully saturated rings. The van der Waals surface area contributed by atoms with Gasteiger partial charge >= 0.3 is 6.03 Å². The summed E-state index contributed by atoms with van der Waals surface area (Å²) in [6, 6.07) is 2.37. The second kappa shape index (κ2) is 8.55. The van der Waals surface area contributed by atoms with Gasteiger partial charge in [0.1, 0.15) is 5.57 Å². The number of ether oxygens (including phenoxy) is 3. The van der Waals surface area contributed by atoms with Gasteiger partial charge in [0.2, 0.25) is 5.75 Å². The molecule has 2 heterocycles. The predicted octanol–water partition coefficient (Wildman–Crippen LogP) is 1.16. The molecule has 0 atom stereocenters. The zero-order valence-corrected chi connectivity index (χ0v) is 17.6. The molecule has 0 unspecified atom stereocenters. The zero-order valence-electron chi connectivity index (χ0n) is 15.9. The number of hydrogen-bond donors (Lipinski definition) is 2. The lowest BCUT2D eigenvalue weighted by molar-refractivity contribution is -0.124. The van der Waals surface area contributed by atoms with Crippen molar-refractivity contribution in [1.29, 1.82) is 0 Å². The minimum absolute atomic E-state index is 0.115. The maximum Gasteiger partial charge on any atom is 0.328 e. The Labute approximate surface area is 180 Å². The monoisotopic (exact) mass is 449 g/mol. The van der Waals surface area contributed by atoms with Crippen molar-refractivity contribution < 1.29 is 33.4 Å². The van der Waals surface area contributed by atoms with E-state index in [1.54, 1.807) is 18.2 Å². The molecular weight excluding hydrogens is 434 g/mol. The Hall–Kier alpha value is -3.38. The molecule has 1 aromatic carbocycles. The topological polar surface area (TPSA) is 123 Å². The van der Waals surface area contributed by atoms with Crippen LogP contribution in [-0.4, -0.2) is 54.3 Å². The van der Waals surface area contributed by atoms with E-state index in [1.165, 1.54) is 21.3 Å². The molecule has 0 bridgehead atoms. The number of nitrogens with zero attached hydrogens (tertiary/aromatic N) is 1. The highest BCUT2D eigenvalue weighted by molar-refractivity contribution is 8.26. The van der Waals surface area contributed by atoms with Crippen molar-refractivity contribution in [3.05, 3.63) is 34.4 Å². The SMILES string of the molecule is COc1cc(/C=C2/SC(=S)N(C=C3C(=O)NC(=O)NC3=O)C2=O)cc(OC)c1OC. The second-order valence-electron chi connectivity index (χ2n) is 5.79. The van der Waals surface area contributed by atoms with Gasteiger partial charge in [-0.25, -0.2) is 4.79 Å². The predicted molar refractivity (Wildman–Crippen MR) is 111 cm³/mol. The highest BCUT2D eigenvalue weighted by Crippen LogP contribution is 2.40. The molecule has 10 nitrogen and oxygen atoms in total. The molecule has 12 heteroatoms. The van der Waals surface area contributed by atoms with Gasteiger partial charge in [0, 0.05) is 6.20 Å². The van der Waals surface area contributed by atoms with Gasteiger partial charge in [0.05, 0.1) is 26.2 Å². The van der Waals surface area contributed by atoms with E-state index in [-0.39, 0.29) is 9.23 Å². The molecule has 0 aliphatic carbocycles. The third kappa shape index (κ3) is 4.00. The van der Waals surface area contributed by atoms with Crippen molar-refractivity contribution in [2.24, 2.45) is 0 Å². The van der Waals surface area contributed by atoms with Crippen LogP contribution in [0.2, 0.25) is 0 Å². The van der Waals surface area contributed by atoms with Crippen LogP contribution in [0.5, 0.6) is 17.2 Å². The minimum atomic E-state index is -0.935. The number of amides is 5. The fourth-order valence-electron chi connectivity index (χ4n) is 2.65. The summed E-state index contributed by atoms with van der Waals surface area (Å²) in [5, 5.41) is 3.86. The molecule has 0 aromatic heterocycles. The average molecular weight is 449 g/mol. The van der Waals surface area contributed by atoms with Gasteiger partial charge < -0.3 is 14.2 Å². The number of carbonyl (C=O) groups excluding carboxylic acids is 4. The quantitative estimate of drug-likeness (QED) is 0.387. The third-order valence-electron chi connectivity index (χ3n) is 4.01. The number of benzene rings is 1. The molecule has 0 spiro atoms. The first kappa shape index (κ1) is 21.3. The zero-order chi connectivity index (χ0) is 22.0. The lowest BCUT2D eigenvalue weighted by atomic mass is 10.1. The first-order chi connectivity index (χ1) is 14.3. The summed E-state index contributed by atoms with van der Waals surface area (Å²) >= 11 is 6.19. The Morgan fingerprint density at radius 3 is 2.03 bits per heavy atom. The number of hydrogen-bond acceptors (Lipinski definition) is 9. The van der Waals surface area contributed by atoms with Crippen LogP contribution in [0.4, 0.5) is 4.79 Å². The fraction of sp³-hybridized carbons (Fsp3) is 0.167. The van der Waals surface area contributed by atoms with Crippen molar-refractivity contribution >= 4 is 58.1 Å². The first-order valence-electron chi connectivity index (χ1n) is 8.24. The van der Waals surface area contributed by atoms with Crippen LogP contribution in [0.3, 0.4) is 0 Å². The van der Waals surface area contributed by atoms with E-state index in [9.17, 15) is 19.2 Å². The standard InChI is InChI=1S/C18H15N3O7S2/c1-26-10-4-8(5-11(27-2)13(10)28-3)6-12-16(24)21(18(29)30-12)7-9-14(22)19-17(25)20-15(9)23/h4-7H,1-3H3,(H2,19,20,22,23,25)/b12-6+. The highest BCUT2D eigenvalue weighted by Gasteiger charge is 2.35. The maximum absolute atomic E-state index is 12.8. The van der Waals surface area contributed by atoms with Crippen LogP contribution in [0.15, 0.2) is 28.8 Å². The first-order valence-corrected chi connectivity index (χ1v) is 9.47. The van der Waals surface area contributed by atoms with Gasteiger partial charge in [-0.3, -0.25) is 29.9 Å². The molecule has 2 aliphatic rings. The smallest absolute Gasteiger partial charge is 0.328 e. The summed E-state index contributed by atoms with van der Waals surface area (Å²) in [5.74, 6) is -1.18. The lowest BCUT2D eigenvalue weighted by Crippen LogP contribution is -2.52.